The molecular weight excluding hydrogens is 182 g/mol. The molecule has 1 nitrogen and oxygen atoms in total. The van der Waals surface area contributed by atoms with Gasteiger partial charge in [-0.2, -0.15) is 0 Å². The Bertz CT molecular complexity index is 111. The average molecular weight is 213 g/mol. The van der Waals surface area contributed by atoms with Crippen molar-refractivity contribution in [3.05, 3.63) is 0 Å². The fourth-order valence-electron chi connectivity index (χ4n) is 2.21. The minimum Gasteiger partial charge on any atom is -0.300 e. The van der Waals surface area contributed by atoms with Crippen LogP contribution in [0.15, 0.2) is 0 Å². The second kappa shape index (κ2) is 10.5. The second-order valence-electron chi connectivity index (χ2n) is 4.03. The summed E-state index contributed by atoms with van der Waals surface area (Å²) in [5.41, 5.74) is 0. The van der Waals surface area contributed by atoms with Gasteiger partial charge in [0.15, 0.2) is 0 Å². The first kappa shape index (κ1) is 15.0. The maximum absolute atomic E-state index is 2.73. The summed E-state index contributed by atoms with van der Waals surface area (Å²) in [7, 11) is 0. The van der Waals surface area contributed by atoms with E-state index in [9.17, 15) is 0 Å². The highest BCUT2D eigenvalue weighted by atomic mass is 15.2. The number of nitrogens with zero attached hydrogens (tertiary/aromatic N) is 1. The molecule has 1 heterocycles. The van der Waals surface area contributed by atoms with E-state index >= 15 is 0 Å². The summed E-state index contributed by atoms with van der Waals surface area (Å²) in [4.78, 5) is 2.73. The Hall–Kier alpha value is -0.0400. The highest BCUT2D eigenvalue weighted by Gasteiger charge is 2.24. The molecule has 0 amide bonds. The first-order valence-corrected chi connectivity index (χ1v) is 7.21. The van der Waals surface area contributed by atoms with Crippen molar-refractivity contribution in [1.29, 1.82) is 0 Å². The summed E-state index contributed by atoms with van der Waals surface area (Å²) in [6.45, 7) is 10.8. The van der Waals surface area contributed by atoms with Gasteiger partial charge in [0.05, 0.1) is 0 Å². The van der Waals surface area contributed by atoms with E-state index in [0.717, 1.165) is 6.04 Å². The van der Waals surface area contributed by atoms with Crippen molar-refractivity contribution in [1.82, 2.24) is 4.90 Å². The van der Waals surface area contributed by atoms with Crippen LogP contribution in [0.1, 0.15) is 72.6 Å². The van der Waals surface area contributed by atoms with Gasteiger partial charge in [-0.05, 0) is 38.8 Å². The Kier molecular flexibility index (Phi) is 10.4. The largest absolute Gasteiger partial charge is 0.300 e. The van der Waals surface area contributed by atoms with Gasteiger partial charge in [-0.3, -0.25) is 0 Å². The molecule has 0 aromatic heterocycles. The average Bonchev–Trinajstić information content (AvgIpc) is 2.50. The highest BCUT2D eigenvalue weighted by Crippen LogP contribution is 2.26. The van der Waals surface area contributed by atoms with Crippen LogP contribution in [0.4, 0.5) is 0 Å². The van der Waals surface area contributed by atoms with Crippen LogP contribution in [0.2, 0.25) is 0 Å². The molecule has 1 heteroatoms. The van der Waals surface area contributed by atoms with Gasteiger partial charge in [0.25, 0.3) is 0 Å². The first-order valence-electron chi connectivity index (χ1n) is 7.21. The lowest BCUT2D eigenvalue weighted by Crippen LogP contribution is -2.40. The third-order valence-corrected chi connectivity index (χ3v) is 3.23. The number of hydrogen-bond acceptors (Lipinski definition) is 1. The molecule has 92 valence electrons. The standard InChI is InChI=1S/C10H19N.2C2H6/c1-2-4-9-11(8-3-1)10-6-5-7-10;2*1-2/h10H,1-9H2;2*1-2H3. The first-order chi connectivity index (χ1) is 7.47. The maximum atomic E-state index is 2.73. The molecule has 0 aromatic carbocycles. The highest BCUT2D eigenvalue weighted by molar-refractivity contribution is 4.80. The Morgan fingerprint density at radius 3 is 1.47 bits per heavy atom. The molecular formula is C14H31N. The lowest BCUT2D eigenvalue weighted by molar-refractivity contribution is 0.132. The van der Waals surface area contributed by atoms with Crippen LogP contribution in [0.25, 0.3) is 0 Å². The molecule has 0 atom stereocenters. The van der Waals surface area contributed by atoms with Gasteiger partial charge in [0.2, 0.25) is 0 Å². The van der Waals surface area contributed by atoms with Crippen molar-refractivity contribution in [3.8, 4) is 0 Å². The van der Waals surface area contributed by atoms with Gasteiger partial charge >= 0.3 is 0 Å². The summed E-state index contributed by atoms with van der Waals surface area (Å²) < 4.78 is 0. The van der Waals surface area contributed by atoms with Crippen molar-refractivity contribution in [2.24, 2.45) is 0 Å². The Balaban J connectivity index is 0.000000442. The van der Waals surface area contributed by atoms with Crippen molar-refractivity contribution < 1.29 is 0 Å². The van der Waals surface area contributed by atoms with E-state index in [0.29, 0.717) is 0 Å². The molecule has 2 rings (SSSR count). The molecule has 0 N–H and O–H groups in total. The molecule has 0 unspecified atom stereocenters. The maximum Gasteiger partial charge on any atom is 0.00952 e. The molecule has 15 heavy (non-hydrogen) atoms. The van der Waals surface area contributed by atoms with Crippen molar-refractivity contribution in [3.63, 3.8) is 0 Å². The van der Waals surface area contributed by atoms with E-state index in [1.54, 1.807) is 0 Å². The molecule has 2 aliphatic rings. The van der Waals surface area contributed by atoms with Crippen molar-refractivity contribution >= 4 is 0 Å². The van der Waals surface area contributed by atoms with Crippen LogP contribution in [-0.4, -0.2) is 24.0 Å². The SMILES string of the molecule is C1CCCN(C2CCC2)CC1.CC.CC. The van der Waals surface area contributed by atoms with Gasteiger partial charge in [-0.15, -0.1) is 0 Å². The number of rotatable bonds is 1. The predicted molar refractivity (Wildman–Crippen MR) is 70.4 cm³/mol. The van der Waals surface area contributed by atoms with Crippen LogP contribution in [0.5, 0.6) is 0 Å². The molecule has 1 saturated heterocycles. The third-order valence-electron chi connectivity index (χ3n) is 3.23. The van der Waals surface area contributed by atoms with Crippen LogP contribution >= 0.6 is 0 Å². The summed E-state index contributed by atoms with van der Waals surface area (Å²) in [6.07, 6.45) is 10.3. The third kappa shape index (κ3) is 5.55. The van der Waals surface area contributed by atoms with Crippen molar-refractivity contribution in [2.45, 2.75) is 78.7 Å². The second-order valence-corrected chi connectivity index (χ2v) is 4.03. The zero-order valence-corrected chi connectivity index (χ0v) is 11.4. The summed E-state index contributed by atoms with van der Waals surface area (Å²) in [5, 5.41) is 0. The van der Waals surface area contributed by atoms with E-state index in [-0.39, 0.29) is 0 Å². The molecule has 1 saturated carbocycles. The number of hydrogen-bond donors (Lipinski definition) is 0. The van der Waals surface area contributed by atoms with E-state index in [1.807, 2.05) is 27.7 Å². The molecule has 1 aliphatic carbocycles. The monoisotopic (exact) mass is 213 g/mol. The zero-order valence-electron chi connectivity index (χ0n) is 11.4. The molecule has 0 radical (unpaired) electrons. The molecule has 0 aromatic rings. The van der Waals surface area contributed by atoms with Gasteiger partial charge in [-0.25, -0.2) is 0 Å². The fraction of sp³-hybridized carbons (Fsp3) is 1.00. The molecule has 1 aliphatic heterocycles. The molecule has 0 spiro atoms. The number of likely N-dealkylation sites (tertiary alicyclic amines) is 1. The molecule has 2 fully saturated rings. The topological polar surface area (TPSA) is 3.24 Å². The van der Waals surface area contributed by atoms with Crippen LogP contribution in [0.3, 0.4) is 0 Å². The van der Waals surface area contributed by atoms with Gasteiger partial charge in [0, 0.05) is 6.04 Å². The minimum atomic E-state index is 0.994. The van der Waals surface area contributed by atoms with E-state index in [4.69, 9.17) is 0 Å². The molecule has 0 bridgehead atoms. The normalized spacial score (nSPS) is 22.4. The summed E-state index contributed by atoms with van der Waals surface area (Å²) in [6, 6.07) is 0.994. The quantitative estimate of drug-likeness (QED) is 0.621. The van der Waals surface area contributed by atoms with E-state index in [2.05, 4.69) is 4.90 Å². The Morgan fingerprint density at radius 1 is 0.667 bits per heavy atom. The van der Waals surface area contributed by atoms with Crippen LogP contribution < -0.4 is 0 Å². The van der Waals surface area contributed by atoms with E-state index in [1.165, 1.54) is 58.0 Å². The van der Waals surface area contributed by atoms with Gasteiger partial charge in [-0.1, -0.05) is 47.0 Å². The lowest BCUT2D eigenvalue weighted by atomic mass is 9.91. The van der Waals surface area contributed by atoms with Gasteiger partial charge in [0.1, 0.15) is 0 Å². The lowest BCUT2D eigenvalue weighted by Gasteiger charge is -2.36. The Labute approximate surface area is 97.2 Å². The Morgan fingerprint density at radius 2 is 1.13 bits per heavy atom. The van der Waals surface area contributed by atoms with Gasteiger partial charge < -0.3 is 4.90 Å². The predicted octanol–water partition coefficient (Wildman–Crippen LogP) is 4.47. The zero-order chi connectivity index (χ0) is 11.5. The fourth-order valence-corrected chi connectivity index (χ4v) is 2.21. The minimum absolute atomic E-state index is 0.994. The summed E-state index contributed by atoms with van der Waals surface area (Å²) in [5.74, 6) is 0. The summed E-state index contributed by atoms with van der Waals surface area (Å²) >= 11 is 0. The van der Waals surface area contributed by atoms with Crippen LogP contribution in [-0.2, 0) is 0 Å². The smallest absolute Gasteiger partial charge is 0.00952 e. The van der Waals surface area contributed by atoms with Crippen LogP contribution in [0, 0.1) is 0 Å². The van der Waals surface area contributed by atoms with E-state index < -0.39 is 0 Å². The van der Waals surface area contributed by atoms with Crippen molar-refractivity contribution in [2.75, 3.05) is 13.1 Å².